The fourth-order valence-electron chi connectivity index (χ4n) is 1.94. The molecule has 0 atom stereocenters. The first kappa shape index (κ1) is 22.9. The number of rotatable bonds is 5. The van der Waals surface area contributed by atoms with Gasteiger partial charge in [0.15, 0.2) is 6.61 Å². The van der Waals surface area contributed by atoms with Gasteiger partial charge in [-0.2, -0.15) is 13.2 Å². The average Bonchev–Trinajstić information content (AvgIpc) is 2.70. The number of esters is 1. The third-order valence-electron chi connectivity index (χ3n) is 3.39. The fraction of sp³-hybridized carbons (Fsp3) is 0.111. The third-order valence-corrected chi connectivity index (χ3v) is 3.92. The van der Waals surface area contributed by atoms with Crippen molar-refractivity contribution < 1.29 is 37.1 Å². The fourth-order valence-corrected chi connectivity index (χ4v) is 2.21. The van der Waals surface area contributed by atoms with Crippen molar-refractivity contribution in [3.63, 3.8) is 0 Å². The summed E-state index contributed by atoms with van der Waals surface area (Å²) in [5.41, 5.74) is 4.25. The number of benzene rings is 2. The molecule has 0 bridgehead atoms. The van der Waals surface area contributed by atoms with E-state index < -0.39 is 36.5 Å². The molecule has 30 heavy (non-hydrogen) atoms. The number of alkyl halides is 3. The molecule has 0 heterocycles. The quantitative estimate of drug-likeness (QED) is 0.443. The van der Waals surface area contributed by atoms with Crippen LogP contribution in [-0.4, -0.2) is 36.5 Å². The van der Waals surface area contributed by atoms with Gasteiger partial charge in [-0.25, -0.2) is 4.79 Å². The Morgan fingerprint density at radius 3 is 2.00 bits per heavy atom. The molecule has 0 aliphatic heterocycles. The van der Waals surface area contributed by atoms with Crippen LogP contribution in [0.15, 0.2) is 53.0 Å². The van der Waals surface area contributed by atoms with Crippen molar-refractivity contribution in [2.24, 2.45) is 0 Å². The maximum Gasteiger partial charge on any atom is 0.471 e. The van der Waals surface area contributed by atoms with E-state index in [0.29, 0.717) is 0 Å². The van der Waals surface area contributed by atoms with Gasteiger partial charge in [0.25, 0.3) is 11.8 Å². The second-order valence-electron chi connectivity index (χ2n) is 5.61. The Labute approximate surface area is 175 Å². The van der Waals surface area contributed by atoms with Gasteiger partial charge in [-0.15, -0.1) is 0 Å². The van der Waals surface area contributed by atoms with Crippen LogP contribution < -0.4 is 16.2 Å². The lowest BCUT2D eigenvalue weighted by atomic mass is 10.2. The Hall–Kier alpha value is -3.41. The summed E-state index contributed by atoms with van der Waals surface area (Å²) in [6.07, 6.45) is -5.04. The normalized spacial score (nSPS) is 10.7. The molecule has 0 aromatic heterocycles. The largest absolute Gasteiger partial charge is 0.471 e. The number of hydrazine groups is 1. The van der Waals surface area contributed by atoms with Crippen LogP contribution in [0, 0.1) is 0 Å². The van der Waals surface area contributed by atoms with Crippen LogP contribution >= 0.6 is 15.9 Å². The number of amides is 3. The van der Waals surface area contributed by atoms with E-state index in [2.05, 4.69) is 26.8 Å². The highest BCUT2D eigenvalue weighted by molar-refractivity contribution is 9.10. The minimum atomic E-state index is -5.04. The lowest BCUT2D eigenvalue weighted by Crippen LogP contribution is -2.43. The first-order valence-corrected chi connectivity index (χ1v) is 8.85. The summed E-state index contributed by atoms with van der Waals surface area (Å²) in [4.78, 5) is 46.2. The minimum Gasteiger partial charge on any atom is -0.452 e. The Morgan fingerprint density at radius 1 is 0.867 bits per heavy atom. The van der Waals surface area contributed by atoms with Crippen molar-refractivity contribution in [3.8, 4) is 0 Å². The SMILES string of the molecule is O=C(COC(=O)c1ccc(NC(=O)C(F)(F)F)cc1)NNC(=O)c1ccc(Br)cc1. The lowest BCUT2D eigenvalue weighted by Gasteiger charge is -2.09. The van der Waals surface area contributed by atoms with Crippen LogP contribution in [0.2, 0.25) is 0 Å². The summed E-state index contributed by atoms with van der Waals surface area (Å²) in [7, 11) is 0. The van der Waals surface area contributed by atoms with E-state index in [1.165, 1.54) is 12.1 Å². The summed E-state index contributed by atoms with van der Waals surface area (Å²) in [5, 5.41) is 1.62. The van der Waals surface area contributed by atoms with Crippen molar-refractivity contribution >= 4 is 45.3 Å². The predicted octanol–water partition coefficient (Wildman–Crippen LogP) is 2.57. The molecule has 2 aromatic rings. The highest BCUT2D eigenvalue weighted by Crippen LogP contribution is 2.18. The Bertz CT molecular complexity index is 947. The van der Waals surface area contributed by atoms with Crippen LogP contribution in [0.3, 0.4) is 0 Å². The number of ether oxygens (including phenoxy) is 1. The van der Waals surface area contributed by atoms with Gasteiger partial charge in [-0.05, 0) is 48.5 Å². The summed E-state index contributed by atoms with van der Waals surface area (Å²) < 4.78 is 42.1. The third kappa shape index (κ3) is 6.88. The number of halogens is 4. The first-order chi connectivity index (χ1) is 14.1. The Morgan fingerprint density at radius 2 is 1.43 bits per heavy atom. The molecule has 2 rings (SSSR count). The van der Waals surface area contributed by atoms with Gasteiger partial charge >= 0.3 is 18.1 Å². The highest BCUT2D eigenvalue weighted by Gasteiger charge is 2.38. The molecule has 8 nitrogen and oxygen atoms in total. The summed E-state index contributed by atoms with van der Waals surface area (Å²) in [6.45, 7) is -0.716. The van der Waals surface area contributed by atoms with E-state index >= 15 is 0 Å². The zero-order valence-electron chi connectivity index (χ0n) is 14.9. The molecular formula is C18H13BrF3N3O5. The molecule has 12 heteroatoms. The van der Waals surface area contributed by atoms with Crippen LogP contribution in [0.4, 0.5) is 18.9 Å². The summed E-state index contributed by atoms with van der Waals surface area (Å²) in [5.74, 6) is -4.49. The van der Waals surface area contributed by atoms with Gasteiger partial charge in [0, 0.05) is 15.7 Å². The number of carbonyl (C=O) groups excluding carboxylic acids is 4. The van der Waals surface area contributed by atoms with Gasteiger partial charge in [-0.1, -0.05) is 15.9 Å². The summed E-state index contributed by atoms with van der Waals surface area (Å²) >= 11 is 3.22. The predicted molar refractivity (Wildman–Crippen MR) is 101 cm³/mol. The molecule has 0 unspecified atom stereocenters. The van der Waals surface area contributed by atoms with Crippen LogP contribution in [0.1, 0.15) is 20.7 Å². The second-order valence-corrected chi connectivity index (χ2v) is 6.53. The molecule has 0 fully saturated rings. The molecule has 0 saturated carbocycles. The van der Waals surface area contributed by atoms with E-state index in [4.69, 9.17) is 4.74 Å². The topological polar surface area (TPSA) is 114 Å². The maximum atomic E-state index is 12.2. The molecule has 0 spiro atoms. The monoisotopic (exact) mass is 487 g/mol. The average molecular weight is 488 g/mol. The highest BCUT2D eigenvalue weighted by atomic mass is 79.9. The minimum absolute atomic E-state index is 0.0632. The molecule has 0 saturated heterocycles. The van der Waals surface area contributed by atoms with Gasteiger partial charge in [-0.3, -0.25) is 25.2 Å². The van der Waals surface area contributed by atoms with Crippen LogP contribution in [0.25, 0.3) is 0 Å². The molecule has 2 aromatic carbocycles. The lowest BCUT2D eigenvalue weighted by molar-refractivity contribution is -0.167. The van der Waals surface area contributed by atoms with Gasteiger partial charge in [0.2, 0.25) is 0 Å². The van der Waals surface area contributed by atoms with E-state index in [-0.39, 0.29) is 16.8 Å². The van der Waals surface area contributed by atoms with Crippen molar-refractivity contribution in [2.75, 3.05) is 11.9 Å². The summed E-state index contributed by atoms with van der Waals surface area (Å²) in [6, 6.07) is 10.7. The van der Waals surface area contributed by atoms with Gasteiger partial charge in [0.1, 0.15) is 0 Å². The molecule has 0 radical (unpaired) electrons. The Balaban J connectivity index is 1.79. The van der Waals surface area contributed by atoms with Gasteiger partial charge < -0.3 is 10.1 Å². The van der Waals surface area contributed by atoms with E-state index in [1.54, 1.807) is 17.4 Å². The van der Waals surface area contributed by atoms with Gasteiger partial charge in [0.05, 0.1) is 5.56 Å². The van der Waals surface area contributed by atoms with Crippen LogP contribution in [0.5, 0.6) is 0 Å². The smallest absolute Gasteiger partial charge is 0.452 e. The second kappa shape index (κ2) is 9.87. The maximum absolute atomic E-state index is 12.2. The van der Waals surface area contributed by atoms with Crippen LogP contribution in [-0.2, 0) is 14.3 Å². The van der Waals surface area contributed by atoms with E-state index in [1.807, 2.05) is 0 Å². The molecular weight excluding hydrogens is 475 g/mol. The number of carbonyl (C=O) groups is 4. The standard InChI is InChI=1S/C18H13BrF3N3O5/c19-12-5-1-10(2-6-12)15(27)25-24-14(26)9-30-16(28)11-3-7-13(8-4-11)23-17(29)18(20,21)22/h1-8H,9H2,(H,23,29)(H,24,26)(H,25,27). The first-order valence-electron chi connectivity index (χ1n) is 8.06. The van der Waals surface area contributed by atoms with E-state index in [9.17, 15) is 32.3 Å². The van der Waals surface area contributed by atoms with Crippen molar-refractivity contribution in [1.29, 1.82) is 0 Å². The number of hydrogen-bond acceptors (Lipinski definition) is 5. The molecule has 158 valence electrons. The zero-order valence-corrected chi connectivity index (χ0v) is 16.5. The van der Waals surface area contributed by atoms with Crippen molar-refractivity contribution in [2.45, 2.75) is 6.18 Å². The van der Waals surface area contributed by atoms with Crippen molar-refractivity contribution in [3.05, 3.63) is 64.1 Å². The molecule has 0 aliphatic rings. The zero-order chi connectivity index (χ0) is 22.3. The van der Waals surface area contributed by atoms with Crippen molar-refractivity contribution in [1.82, 2.24) is 10.9 Å². The number of anilines is 1. The number of hydrogen-bond donors (Lipinski definition) is 3. The van der Waals surface area contributed by atoms with E-state index in [0.717, 1.165) is 28.7 Å². The molecule has 3 amide bonds. The Kier molecular flexibility index (Phi) is 7.53. The molecule has 3 N–H and O–H groups in total. The number of nitrogens with one attached hydrogen (secondary N) is 3. The molecule has 0 aliphatic carbocycles.